The second-order valence-electron chi connectivity index (χ2n) is 5.46. The Bertz CT molecular complexity index is 543. The summed E-state index contributed by atoms with van der Waals surface area (Å²) in [5.74, 6) is 3.25. The van der Waals surface area contributed by atoms with E-state index in [0.717, 1.165) is 27.6 Å². The van der Waals surface area contributed by atoms with Gasteiger partial charge in [0.2, 0.25) is 0 Å². The molecule has 0 spiro atoms. The van der Waals surface area contributed by atoms with Gasteiger partial charge < -0.3 is 14.8 Å². The van der Waals surface area contributed by atoms with E-state index >= 15 is 0 Å². The van der Waals surface area contributed by atoms with Crippen LogP contribution in [0.5, 0.6) is 11.5 Å². The molecule has 0 saturated heterocycles. The van der Waals surface area contributed by atoms with Gasteiger partial charge in [0.1, 0.15) is 13.2 Å². The minimum atomic E-state index is 0.558. The zero-order valence-corrected chi connectivity index (χ0v) is 12.2. The zero-order valence-electron chi connectivity index (χ0n) is 10.6. The molecule has 4 rings (SSSR count). The average molecular weight is 322 g/mol. The van der Waals surface area contributed by atoms with Gasteiger partial charge in [0.15, 0.2) is 11.5 Å². The molecule has 1 saturated carbocycles. The Labute approximate surface area is 121 Å². The van der Waals surface area contributed by atoms with Gasteiger partial charge in [0.25, 0.3) is 0 Å². The predicted molar refractivity (Wildman–Crippen MR) is 77.9 cm³/mol. The van der Waals surface area contributed by atoms with Crippen LogP contribution in [-0.4, -0.2) is 19.3 Å². The highest BCUT2D eigenvalue weighted by Gasteiger charge is 2.41. The van der Waals surface area contributed by atoms with E-state index in [2.05, 4.69) is 33.4 Å². The highest BCUT2D eigenvalue weighted by molar-refractivity contribution is 9.10. The second kappa shape index (κ2) is 4.44. The van der Waals surface area contributed by atoms with Crippen molar-refractivity contribution >= 4 is 21.6 Å². The summed E-state index contributed by atoms with van der Waals surface area (Å²) in [6.45, 7) is 1.26. The molecule has 0 bridgehead atoms. The van der Waals surface area contributed by atoms with Gasteiger partial charge in [0, 0.05) is 28.6 Å². The molecule has 1 aromatic rings. The molecule has 1 aromatic carbocycles. The quantitative estimate of drug-likeness (QED) is 0.844. The first-order chi connectivity index (χ1) is 9.31. The van der Waals surface area contributed by atoms with Crippen LogP contribution >= 0.6 is 15.9 Å². The summed E-state index contributed by atoms with van der Waals surface area (Å²) in [5, 5.41) is 3.63. The number of hydrogen-bond acceptors (Lipinski definition) is 3. The van der Waals surface area contributed by atoms with E-state index in [9.17, 15) is 0 Å². The van der Waals surface area contributed by atoms with Crippen molar-refractivity contribution < 1.29 is 9.47 Å². The Morgan fingerprint density at radius 2 is 1.95 bits per heavy atom. The minimum Gasteiger partial charge on any atom is -0.486 e. The van der Waals surface area contributed by atoms with Gasteiger partial charge in [-0.3, -0.25) is 0 Å². The second-order valence-corrected chi connectivity index (χ2v) is 6.32. The monoisotopic (exact) mass is 321 g/mol. The van der Waals surface area contributed by atoms with E-state index in [0.29, 0.717) is 25.2 Å². The van der Waals surface area contributed by atoms with Crippen LogP contribution < -0.4 is 14.8 Å². The molecular formula is C15H16BrNO2. The fourth-order valence-electron chi connectivity index (χ4n) is 3.26. The Morgan fingerprint density at radius 3 is 2.74 bits per heavy atom. The number of fused-ring (bicyclic) bond motifs is 2. The SMILES string of the molecule is Brc1cc2c(cc1NC1CC3CC=CC31)OCCO2. The topological polar surface area (TPSA) is 30.5 Å². The molecule has 3 unspecified atom stereocenters. The highest BCUT2D eigenvalue weighted by Crippen LogP contribution is 2.46. The van der Waals surface area contributed by atoms with Gasteiger partial charge >= 0.3 is 0 Å². The van der Waals surface area contributed by atoms with E-state index in [-0.39, 0.29) is 0 Å². The van der Waals surface area contributed by atoms with Crippen molar-refractivity contribution in [3.63, 3.8) is 0 Å². The molecule has 1 fully saturated rings. The molecule has 2 aliphatic carbocycles. The van der Waals surface area contributed by atoms with Gasteiger partial charge in [-0.1, -0.05) is 12.2 Å². The number of benzene rings is 1. The molecule has 1 heterocycles. The minimum absolute atomic E-state index is 0.558. The lowest BCUT2D eigenvalue weighted by atomic mass is 9.71. The van der Waals surface area contributed by atoms with Crippen molar-refractivity contribution in [2.24, 2.45) is 11.8 Å². The van der Waals surface area contributed by atoms with E-state index in [1.54, 1.807) is 0 Å². The molecule has 100 valence electrons. The van der Waals surface area contributed by atoms with Gasteiger partial charge in [-0.05, 0) is 34.7 Å². The lowest BCUT2D eigenvalue weighted by Gasteiger charge is -2.41. The van der Waals surface area contributed by atoms with E-state index in [1.807, 2.05) is 12.1 Å². The zero-order chi connectivity index (χ0) is 12.8. The Kier molecular flexibility index (Phi) is 2.72. The fourth-order valence-corrected chi connectivity index (χ4v) is 3.69. The lowest BCUT2D eigenvalue weighted by molar-refractivity contribution is 0.171. The van der Waals surface area contributed by atoms with Crippen LogP contribution in [0.3, 0.4) is 0 Å². The summed E-state index contributed by atoms with van der Waals surface area (Å²) in [7, 11) is 0. The van der Waals surface area contributed by atoms with Crippen LogP contribution in [0.25, 0.3) is 0 Å². The maximum Gasteiger partial charge on any atom is 0.163 e. The van der Waals surface area contributed by atoms with Crippen LogP contribution in [0.15, 0.2) is 28.8 Å². The molecule has 1 aliphatic heterocycles. The number of hydrogen-bond donors (Lipinski definition) is 1. The van der Waals surface area contributed by atoms with Crippen LogP contribution in [0.1, 0.15) is 12.8 Å². The van der Waals surface area contributed by atoms with Crippen molar-refractivity contribution in [3.8, 4) is 11.5 Å². The lowest BCUT2D eigenvalue weighted by Crippen LogP contribution is -2.43. The molecule has 4 heteroatoms. The number of rotatable bonds is 2. The van der Waals surface area contributed by atoms with Crippen molar-refractivity contribution in [3.05, 3.63) is 28.8 Å². The molecule has 3 atom stereocenters. The molecule has 3 nitrogen and oxygen atoms in total. The third kappa shape index (κ3) is 1.93. The maximum atomic E-state index is 5.64. The molecule has 1 N–H and O–H groups in total. The molecule has 0 radical (unpaired) electrons. The Morgan fingerprint density at radius 1 is 1.16 bits per heavy atom. The van der Waals surface area contributed by atoms with Crippen molar-refractivity contribution in [2.45, 2.75) is 18.9 Å². The van der Waals surface area contributed by atoms with Gasteiger partial charge in [-0.2, -0.15) is 0 Å². The number of nitrogens with one attached hydrogen (secondary N) is 1. The van der Waals surface area contributed by atoms with Crippen molar-refractivity contribution in [2.75, 3.05) is 18.5 Å². The smallest absolute Gasteiger partial charge is 0.163 e. The highest BCUT2D eigenvalue weighted by atomic mass is 79.9. The van der Waals surface area contributed by atoms with E-state index in [4.69, 9.17) is 9.47 Å². The first-order valence-corrected chi connectivity index (χ1v) is 7.63. The maximum absolute atomic E-state index is 5.64. The summed E-state index contributed by atoms with van der Waals surface area (Å²) < 4.78 is 12.3. The summed E-state index contributed by atoms with van der Waals surface area (Å²) in [6.07, 6.45) is 7.19. The van der Waals surface area contributed by atoms with Gasteiger partial charge in [-0.25, -0.2) is 0 Å². The molecular weight excluding hydrogens is 306 g/mol. The van der Waals surface area contributed by atoms with Gasteiger partial charge in [-0.15, -0.1) is 0 Å². The van der Waals surface area contributed by atoms with Crippen LogP contribution in [0.2, 0.25) is 0 Å². The molecule has 3 aliphatic rings. The average Bonchev–Trinajstić information content (AvgIpc) is 2.77. The Hall–Kier alpha value is -1.16. The number of anilines is 1. The van der Waals surface area contributed by atoms with Crippen LogP contribution in [0.4, 0.5) is 5.69 Å². The van der Waals surface area contributed by atoms with Crippen LogP contribution in [0, 0.1) is 11.8 Å². The third-order valence-electron chi connectivity index (χ3n) is 4.34. The molecule has 0 amide bonds. The summed E-state index contributed by atoms with van der Waals surface area (Å²) in [5.41, 5.74) is 1.10. The summed E-state index contributed by atoms with van der Waals surface area (Å²) in [4.78, 5) is 0. The van der Waals surface area contributed by atoms with Gasteiger partial charge in [0.05, 0.1) is 5.69 Å². The number of halogens is 1. The van der Waals surface area contributed by atoms with E-state index in [1.165, 1.54) is 12.8 Å². The molecule has 19 heavy (non-hydrogen) atoms. The van der Waals surface area contributed by atoms with E-state index < -0.39 is 0 Å². The molecule has 0 aromatic heterocycles. The Balaban J connectivity index is 1.56. The first kappa shape index (κ1) is 11.6. The largest absolute Gasteiger partial charge is 0.486 e. The standard InChI is InChI=1S/C15H16BrNO2/c16-11-7-14-15(19-5-4-18-14)8-13(11)17-12-6-9-2-1-3-10(9)12/h1,3,7-10,12,17H,2,4-6H2. The first-order valence-electron chi connectivity index (χ1n) is 6.83. The number of allylic oxidation sites excluding steroid dienone is 1. The van der Waals surface area contributed by atoms with Crippen molar-refractivity contribution in [1.29, 1.82) is 0 Å². The summed E-state index contributed by atoms with van der Waals surface area (Å²) in [6, 6.07) is 4.60. The fraction of sp³-hybridized carbons (Fsp3) is 0.467. The predicted octanol–water partition coefficient (Wildman–Crippen LogP) is 3.60. The van der Waals surface area contributed by atoms with Crippen LogP contribution in [-0.2, 0) is 0 Å². The summed E-state index contributed by atoms with van der Waals surface area (Å²) >= 11 is 3.61. The van der Waals surface area contributed by atoms with Crippen molar-refractivity contribution in [1.82, 2.24) is 0 Å². The third-order valence-corrected chi connectivity index (χ3v) is 4.99. The number of ether oxygens (including phenoxy) is 2. The normalized spacial score (nSPS) is 30.7.